The van der Waals surface area contributed by atoms with Crippen molar-refractivity contribution < 1.29 is 9.50 Å². The third kappa shape index (κ3) is 4.17. The molecule has 1 aliphatic heterocycles. The first-order chi connectivity index (χ1) is 12.8. The number of fused-ring (bicyclic) bond motifs is 1. The van der Waals surface area contributed by atoms with Gasteiger partial charge in [-0.25, -0.2) is 14.4 Å². The lowest BCUT2D eigenvalue weighted by molar-refractivity contribution is 0.00369. The zero-order valence-corrected chi connectivity index (χ0v) is 17.4. The quantitative estimate of drug-likeness (QED) is 0.831. The van der Waals surface area contributed by atoms with E-state index in [4.69, 9.17) is 0 Å². The molecule has 0 spiro atoms. The summed E-state index contributed by atoms with van der Waals surface area (Å²) in [7, 11) is 0. The molecule has 2 aliphatic rings. The summed E-state index contributed by atoms with van der Waals surface area (Å²) in [4.78, 5) is 13.9. The second-order valence-electron chi connectivity index (χ2n) is 9.13. The molecule has 2 atom stereocenters. The van der Waals surface area contributed by atoms with Crippen molar-refractivity contribution >= 4 is 21.6 Å². The first-order valence-corrected chi connectivity index (χ1v) is 10.9. The molecule has 2 unspecified atom stereocenters. The summed E-state index contributed by atoms with van der Waals surface area (Å²) in [6.45, 7) is 8.29. The Morgan fingerprint density at radius 3 is 2.70 bits per heavy atom. The lowest BCUT2D eigenvalue weighted by Gasteiger charge is -2.33. The van der Waals surface area contributed by atoms with E-state index in [1.807, 2.05) is 18.3 Å². The molecule has 4 nitrogen and oxygen atoms in total. The van der Waals surface area contributed by atoms with Crippen molar-refractivity contribution in [2.45, 2.75) is 77.6 Å². The molecule has 0 radical (unpaired) electrons. The van der Waals surface area contributed by atoms with Gasteiger partial charge in [-0.1, -0.05) is 13.8 Å². The van der Waals surface area contributed by atoms with Gasteiger partial charge in [0.1, 0.15) is 16.8 Å². The monoisotopic (exact) mass is 391 g/mol. The van der Waals surface area contributed by atoms with E-state index in [0.29, 0.717) is 30.8 Å². The summed E-state index contributed by atoms with van der Waals surface area (Å²) >= 11 is 1.81. The third-order valence-electron chi connectivity index (χ3n) is 6.31. The highest BCUT2D eigenvalue weighted by Crippen LogP contribution is 2.45. The smallest absolute Gasteiger partial charge is 0.139 e. The minimum absolute atomic E-state index is 0.278. The zero-order valence-electron chi connectivity index (χ0n) is 16.5. The lowest BCUT2D eigenvalue weighted by atomic mass is 9.73. The summed E-state index contributed by atoms with van der Waals surface area (Å²) in [5.74, 6) is 1.41. The fourth-order valence-electron chi connectivity index (χ4n) is 4.43. The van der Waals surface area contributed by atoms with Crippen molar-refractivity contribution in [3.8, 4) is 0 Å². The topological polar surface area (TPSA) is 49.2 Å². The van der Waals surface area contributed by atoms with Crippen LogP contribution in [0.1, 0.15) is 68.3 Å². The Morgan fingerprint density at radius 1 is 1.26 bits per heavy atom. The van der Waals surface area contributed by atoms with Gasteiger partial charge in [-0.05, 0) is 56.4 Å². The number of aliphatic hydroxyl groups excluding tert-OH is 1. The highest BCUT2D eigenvalue weighted by molar-refractivity contribution is 7.18. The number of hydrogen-bond acceptors (Lipinski definition) is 5. The summed E-state index contributed by atoms with van der Waals surface area (Å²) in [6, 6.07) is 2.30. The molecule has 2 aromatic heterocycles. The van der Waals surface area contributed by atoms with Crippen LogP contribution in [0.5, 0.6) is 0 Å². The van der Waals surface area contributed by atoms with Crippen molar-refractivity contribution in [2.24, 2.45) is 5.41 Å². The lowest BCUT2D eigenvalue weighted by Crippen LogP contribution is -2.44. The molecule has 1 saturated carbocycles. The van der Waals surface area contributed by atoms with E-state index in [-0.39, 0.29) is 6.54 Å². The number of aryl methyl sites for hydroxylation is 1. The van der Waals surface area contributed by atoms with Crippen LogP contribution < -0.4 is 0 Å². The number of hydrogen-bond donors (Lipinski definition) is 1. The van der Waals surface area contributed by atoms with E-state index in [1.165, 1.54) is 30.6 Å². The average Bonchev–Trinajstić information content (AvgIpc) is 3.02. The number of likely N-dealkylation sites (tertiary alicyclic amines) is 1. The van der Waals surface area contributed by atoms with Crippen LogP contribution >= 0.6 is 11.3 Å². The molecule has 2 aromatic rings. The number of piperidine rings is 1. The maximum Gasteiger partial charge on any atom is 0.139 e. The van der Waals surface area contributed by atoms with E-state index in [1.54, 1.807) is 0 Å². The molecule has 1 saturated heterocycles. The molecule has 0 bridgehead atoms. The van der Waals surface area contributed by atoms with Crippen LogP contribution in [0.4, 0.5) is 4.39 Å². The van der Waals surface area contributed by atoms with Crippen LogP contribution in [-0.4, -0.2) is 45.3 Å². The van der Waals surface area contributed by atoms with Gasteiger partial charge in [0.25, 0.3) is 0 Å². The van der Waals surface area contributed by atoms with Gasteiger partial charge in [0, 0.05) is 29.9 Å². The molecule has 0 aromatic carbocycles. The van der Waals surface area contributed by atoms with Gasteiger partial charge in [0.05, 0.1) is 11.8 Å². The maximum absolute atomic E-state index is 13.9. The number of rotatable bonds is 3. The molecule has 27 heavy (non-hydrogen) atoms. The van der Waals surface area contributed by atoms with Crippen LogP contribution in [0.3, 0.4) is 0 Å². The van der Waals surface area contributed by atoms with Crippen LogP contribution in [0.2, 0.25) is 0 Å². The minimum atomic E-state index is -1.17. The third-order valence-corrected chi connectivity index (χ3v) is 7.50. The van der Waals surface area contributed by atoms with Gasteiger partial charge in [0.15, 0.2) is 0 Å². The second kappa shape index (κ2) is 7.37. The van der Waals surface area contributed by atoms with Gasteiger partial charge in [-0.2, -0.15) is 0 Å². The summed E-state index contributed by atoms with van der Waals surface area (Å²) < 4.78 is 13.9. The van der Waals surface area contributed by atoms with E-state index >= 15 is 0 Å². The molecule has 1 aliphatic carbocycles. The summed E-state index contributed by atoms with van der Waals surface area (Å²) in [5, 5.41) is 10.8. The number of nitrogens with zero attached hydrogens (tertiary/aromatic N) is 3. The fourth-order valence-corrected chi connectivity index (χ4v) is 5.70. The average molecular weight is 392 g/mol. The highest BCUT2D eigenvalue weighted by Gasteiger charge is 2.30. The van der Waals surface area contributed by atoms with Crippen molar-refractivity contribution in [2.75, 3.05) is 13.1 Å². The Hall–Kier alpha value is -1.11. The molecule has 4 rings (SSSR count). The SMILES string of the molecule is Cc1nc(CN2CCC(O)C(F)C2)c2cc(C3CCC(C)(C)CC3)sc2n1. The minimum Gasteiger partial charge on any atom is -0.390 e. The number of alkyl halides is 1. The molecule has 0 amide bonds. The molecule has 6 heteroatoms. The Bertz CT molecular complexity index is 811. The number of halogens is 1. The number of aliphatic hydroxyl groups is 1. The van der Waals surface area contributed by atoms with Crippen LogP contribution in [0, 0.1) is 12.3 Å². The van der Waals surface area contributed by atoms with Gasteiger partial charge >= 0.3 is 0 Å². The van der Waals surface area contributed by atoms with Crippen molar-refractivity contribution in [3.05, 3.63) is 22.5 Å². The largest absolute Gasteiger partial charge is 0.390 e. The van der Waals surface area contributed by atoms with Crippen molar-refractivity contribution in [1.82, 2.24) is 14.9 Å². The van der Waals surface area contributed by atoms with Crippen molar-refractivity contribution in [3.63, 3.8) is 0 Å². The van der Waals surface area contributed by atoms with Crippen LogP contribution in [-0.2, 0) is 6.54 Å². The fraction of sp³-hybridized carbons (Fsp3) is 0.714. The van der Waals surface area contributed by atoms with Gasteiger partial charge in [-0.15, -0.1) is 11.3 Å². The van der Waals surface area contributed by atoms with Gasteiger partial charge in [0.2, 0.25) is 0 Å². The Morgan fingerprint density at radius 2 is 2.00 bits per heavy atom. The van der Waals surface area contributed by atoms with E-state index in [9.17, 15) is 9.50 Å². The Labute approximate surface area is 164 Å². The first kappa shape index (κ1) is 19.2. The standard InChI is InChI=1S/C21H30FN3OS/c1-13-23-17(12-25-9-6-18(26)16(22)11-25)15-10-19(27-20(15)24-13)14-4-7-21(2,3)8-5-14/h10,14,16,18,26H,4-9,11-12H2,1-3H3. The molecule has 1 N–H and O–H groups in total. The first-order valence-electron chi connectivity index (χ1n) is 10.1. The second-order valence-corrected chi connectivity index (χ2v) is 10.2. The van der Waals surface area contributed by atoms with E-state index in [2.05, 4.69) is 34.8 Å². The Kier molecular flexibility index (Phi) is 5.25. The normalized spacial score (nSPS) is 27.3. The van der Waals surface area contributed by atoms with Gasteiger partial charge < -0.3 is 5.11 Å². The van der Waals surface area contributed by atoms with Crippen LogP contribution in [0.15, 0.2) is 6.07 Å². The van der Waals surface area contributed by atoms with Crippen molar-refractivity contribution in [1.29, 1.82) is 0 Å². The zero-order chi connectivity index (χ0) is 19.2. The number of aromatic nitrogens is 2. The Balaban J connectivity index is 1.57. The highest BCUT2D eigenvalue weighted by atomic mass is 32.1. The van der Waals surface area contributed by atoms with Gasteiger partial charge in [-0.3, -0.25) is 4.90 Å². The summed E-state index contributed by atoms with van der Waals surface area (Å²) in [5.41, 5.74) is 1.47. The molecular weight excluding hydrogens is 361 g/mol. The predicted molar refractivity (Wildman–Crippen MR) is 108 cm³/mol. The van der Waals surface area contributed by atoms with Crippen LogP contribution in [0.25, 0.3) is 10.2 Å². The van der Waals surface area contributed by atoms with E-state index < -0.39 is 12.3 Å². The molecule has 148 valence electrons. The number of thiophene rings is 1. The summed E-state index contributed by atoms with van der Waals surface area (Å²) in [6.07, 6.45) is 3.54. The predicted octanol–water partition coefficient (Wildman–Crippen LogP) is 4.59. The molecule has 2 fully saturated rings. The molecule has 3 heterocycles. The molecular formula is C21H30FN3OS. The van der Waals surface area contributed by atoms with E-state index in [0.717, 1.165) is 21.7 Å². The maximum atomic E-state index is 13.9.